The van der Waals surface area contributed by atoms with E-state index in [1.165, 1.54) is 0 Å². The maximum atomic E-state index is 11.7. The molecule has 0 aliphatic carbocycles. The van der Waals surface area contributed by atoms with Gasteiger partial charge in [-0.05, 0) is 18.6 Å². The second-order valence-corrected chi connectivity index (χ2v) is 7.67. The Labute approximate surface area is 153 Å². The molecule has 1 heterocycles. The zero-order valence-electron chi connectivity index (χ0n) is 13.2. The molecule has 0 bridgehead atoms. The van der Waals surface area contributed by atoms with Crippen LogP contribution in [0.4, 0.5) is 0 Å². The van der Waals surface area contributed by atoms with Crippen LogP contribution in [0.25, 0.3) is 21.8 Å². The fourth-order valence-corrected chi connectivity index (χ4v) is 3.28. The van der Waals surface area contributed by atoms with Gasteiger partial charge in [0.2, 0.25) is 5.91 Å². The van der Waals surface area contributed by atoms with Crippen LogP contribution in [0.2, 0.25) is 0 Å². The molecule has 0 aliphatic heterocycles. The van der Waals surface area contributed by atoms with E-state index in [1.54, 1.807) is 11.3 Å². The Morgan fingerprint density at radius 2 is 1.92 bits per heavy atom. The third kappa shape index (κ3) is 4.10. The van der Waals surface area contributed by atoms with Gasteiger partial charge < -0.3 is 5.32 Å². The Bertz CT molecular complexity index is 830. The van der Waals surface area contributed by atoms with Gasteiger partial charge in [0.15, 0.2) is 0 Å². The first-order valence-corrected chi connectivity index (χ1v) is 9.45. The van der Waals surface area contributed by atoms with E-state index in [0.29, 0.717) is 6.54 Å². The molecule has 1 aromatic heterocycles. The number of nitrogens with one attached hydrogen (secondary N) is 1. The topological polar surface area (TPSA) is 42.0 Å². The predicted molar refractivity (Wildman–Crippen MR) is 103 cm³/mol. The van der Waals surface area contributed by atoms with Crippen molar-refractivity contribution in [3.05, 3.63) is 65.5 Å². The van der Waals surface area contributed by atoms with Gasteiger partial charge in [0.25, 0.3) is 0 Å². The summed E-state index contributed by atoms with van der Waals surface area (Å²) in [4.78, 5) is 16.2. The van der Waals surface area contributed by atoms with Crippen LogP contribution < -0.4 is 5.32 Å². The minimum absolute atomic E-state index is 0.0129. The molecule has 122 valence electrons. The summed E-state index contributed by atoms with van der Waals surface area (Å²) < 4.78 is 0. The Kier molecular flexibility index (Phi) is 5.43. The van der Waals surface area contributed by atoms with Gasteiger partial charge in [-0.25, -0.2) is 4.98 Å². The number of aromatic nitrogens is 1. The second-order valence-electron chi connectivity index (χ2n) is 5.44. The van der Waals surface area contributed by atoms with Gasteiger partial charge in [-0.2, -0.15) is 0 Å². The van der Waals surface area contributed by atoms with Crippen molar-refractivity contribution in [2.75, 3.05) is 0 Å². The Hall–Kier alpha value is -1.98. The van der Waals surface area contributed by atoms with E-state index in [1.807, 2.05) is 43.3 Å². The maximum Gasteiger partial charge on any atom is 0.233 e. The number of alkyl halides is 1. The first-order chi connectivity index (χ1) is 11.6. The Morgan fingerprint density at radius 3 is 2.67 bits per heavy atom. The highest BCUT2D eigenvalue weighted by Crippen LogP contribution is 2.29. The van der Waals surface area contributed by atoms with Crippen molar-refractivity contribution < 1.29 is 4.79 Å². The average Bonchev–Trinajstić information content (AvgIpc) is 3.11. The van der Waals surface area contributed by atoms with Crippen LogP contribution in [0.1, 0.15) is 12.5 Å². The van der Waals surface area contributed by atoms with E-state index in [9.17, 15) is 4.79 Å². The second kappa shape index (κ2) is 7.73. The molecule has 2 aromatic carbocycles. The number of carbonyl (C=O) groups excluding carboxylic acids is 1. The number of thiazole rings is 1. The largest absolute Gasteiger partial charge is 0.351 e. The van der Waals surface area contributed by atoms with Crippen molar-refractivity contribution in [2.45, 2.75) is 18.3 Å². The summed E-state index contributed by atoms with van der Waals surface area (Å²) in [6.45, 7) is 2.33. The van der Waals surface area contributed by atoms with Gasteiger partial charge in [-0.15, -0.1) is 11.3 Å². The fraction of sp³-hybridized carbons (Fsp3) is 0.158. The summed E-state index contributed by atoms with van der Waals surface area (Å²) in [7, 11) is 0. The van der Waals surface area contributed by atoms with Gasteiger partial charge >= 0.3 is 0 Å². The number of carbonyl (C=O) groups is 1. The molecule has 3 aromatic rings. The number of rotatable bonds is 5. The van der Waals surface area contributed by atoms with Gasteiger partial charge in [0, 0.05) is 23.1 Å². The third-order valence-corrected chi connectivity index (χ3v) is 4.88. The highest BCUT2D eigenvalue weighted by molar-refractivity contribution is 9.10. The highest BCUT2D eigenvalue weighted by atomic mass is 79.9. The summed E-state index contributed by atoms with van der Waals surface area (Å²) in [5, 5.41) is 5.96. The standard InChI is InChI=1S/C19H17BrN2OS/c1-13(20)18(23)21-11-14-6-5-9-16(10-14)19-22-17(12-24-19)15-7-3-2-4-8-15/h2-10,12-13H,11H2,1H3,(H,21,23). The molecular weight excluding hydrogens is 384 g/mol. The number of hydrogen-bond acceptors (Lipinski definition) is 3. The van der Waals surface area contributed by atoms with Crippen molar-refractivity contribution in [1.82, 2.24) is 10.3 Å². The van der Waals surface area contributed by atoms with Crippen molar-refractivity contribution in [3.8, 4) is 21.8 Å². The molecule has 5 heteroatoms. The molecule has 1 N–H and O–H groups in total. The number of benzene rings is 2. The fourth-order valence-electron chi connectivity index (χ4n) is 2.29. The van der Waals surface area contributed by atoms with E-state index in [4.69, 9.17) is 4.98 Å². The van der Waals surface area contributed by atoms with Crippen LogP contribution in [0.5, 0.6) is 0 Å². The third-order valence-electron chi connectivity index (χ3n) is 3.58. The lowest BCUT2D eigenvalue weighted by Crippen LogP contribution is -2.28. The van der Waals surface area contributed by atoms with Crippen LogP contribution in [0, 0.1) is 0 Å². The number of amides is 1. The minimum Gasteiger partial charge on any atom is -0.351 e. The molecule has 24 heavy (non-hydrogen) atoms. The van der Waals surface area contributed by atoms with E-state index < -0.39 is 0 Å². The number of hydrogen-bond donors (Lipinski definition) is 1. The van der Waals surface area contributed by atoms with Crippen LogP contribution in [0.3, 0.4) is 0 Å². The van der Waals surface area contributed by atoms with Crippen molar-refractivity contribution >= 4 is 33.2 Å². The predicted octanol–water partition coefficient (Wildman–Crippen LogP) is 4.88. The van der Waals surface area contributed by atoms with Gasteiger partial charge in [0.05, 0.1) is 10.5 Å². The number of nitrogens with zero attached hydrogens (tertiary/aromatic N) is 1. The average molecular weight is 401 g/mol. The zero-order chi connectivity index (χ0) is 16.9. The van der Waals surface area contributed by atoms with Gasteiger partial charge in [-0.1, -0.05) is 64.5 Å². The molecule has 1 atom stereocenters. The molecular formula is C19H17BrN2OS. The summed E-state index contributed by atoms with van der Waals surface area (Å²) in [5.74, 6) is -0.0129. The summed E-state index contributed by atoms with van der Waals surface area (Å²) in [6.07, 6.45) is 0. The summed E-state index contributed by atoms with van der Waals surface area (Å²) in [6, 6.07) is 18.3. The first kappa shape index (κ1) is 16.9. The van der Waals surface area contributed by atoms with E-state index in [0.717, 1.165) is 27.4 Å². The van der Waals surface area contributed by atoms with Crippen LogP contribution >= 0.6 is 27.3 Å². The Balaban J connectivity index is 1.77. The smallest absolute Gasteiger partial charge is 0.233 e. The Morgan fingerprint density at radius 1 is 1.17 bits per heavy atom. The molecule has 0 fully saturated rings. The monoisotopic (exact) mass is 400 g/mol. The van der Waals surface area contributed by atoms with Crippen molar-refractivity contribution in [2.24, 2.45) is 0 Å². The zero-order valence-corrected chi connectivity index (χ0v) is 15.6. The summed E-state index contributed by atoms with van der Waals surface area (Å²) in [5.41, 5.74) is 4.24. The normalized spacial score (nSPS) is 11.9. The SMILES string of the molecule is CC(Br)C(=O)NCc1cccc(-c2nc(-c3ccccc3)cs2)c1. The number of halogens is 1. The van der Waals surface area contributed by atoms with Gasteiger partial charge in [-0.3, -0.25) is 4.79 Å². The molecule has 3 rings (SSSR count). The maximum absolute atomic E-state index is 11.7. The van der Waals surface area contributed by atoms with E-state index >= 15 is 0 Å². The molecule has 1 amide bonds. The molecule has 0 saturated heterocycles. The molecule has 0 saturated carbocycles. The minimum atomic E-state index is -0.187. The molecule has 3 nitrogen and oxygen atoms in total. The van der Waals surface area contributed by atoms with Crippen LogP contribution in [-0.2, 0) is 11.3 Å². The molecule has 0 spiro atoms. The highest BCUT2D eigenvalue weighted by Gasteiger charge is 2.09. The molecule has 1 unspecified atom stereocenters. The van der Waals surface area contributed by atoms with Crippen LogP contribution in [0.15, 0.2) is 60.0 Å². The van der Waals surface area contributed by atoms with Crippen molar-refractivity contribution in [3.63, 3.8) is 0 Å². The summed E-state index contributed by atoms with van der Waals surface area (Å²) >= 11 is 4.90. The molecule has 0 radical (unpaired) electrons. The van der Waals surface area contributed by atoms with E-state index in [2.05, 4.69) is 44.8 Å². The van der Waals surface area contributed by atoms with Crippen LogP contribution in [-0.4, -0.2) is 15.7 Å². The first-order valence-electron chi connectivity index (χ1n) is 7.65. The van der Waals surface area contributed by atoms with Gasteiger partial charge in [0.1, 0.15) is 5.01 Å². The van der Waals surface area contributed by atoms with Crippen molar-refractivity contribution in [1.29, 1.82) is 0 Å². The van der Waals surface area contributed by atoms with E-state index in [-0.39, 0.29) is 10.7 Å². The molecule has 0 aliphatic rings. The lowest BCUT2D eigenvalue weighted by atomic mass is 10.1. The quantitative estimate of drug-likeness (QED) is 0.620. The lowest BCUT2D eigenvalue weighted by Gasteiger charge is -2.07. The lowest BCUT2D eigenvalue weighted by molar-refractivity contribution is -0.120.